The molecule has 0 unspecified atom stereocenters. The first-order chi connectivity index (χ1) is 10.4. The van der Waals surface area contributed by atoms with Crippen molar-refractivity contribution in [1.29, 1.82) is 0 Å². The number of nitrogens with one attached hydrogen (secondary N) is 1. The molecule has 0 saturated carbocycles. The van der Waals surface area contributed by atoms with Gasteiger partial charge in [0.25, 0.3) is 5.91 Å². The number of halogens is 2. The third-order valence-corrected chi connectivity index (χ3v) is 4.33. The molecule has 0 aromatic heterocycles. The van der Waals surface area contributed by atoms with Crippen LogP contribution < -0.4 is 10.1 Å². The number of hydrogen-bond acceptors (Lipinski definition) is 2. The monoisotopic (exact) mass is 337 g/mol. The third-order valence-electron chi connectivity index (χ3n) is 3.32. The SMILES string of the molecule is Cc1cc(OCC(=O)Nc2cccc(Cl)c2C)cc(C)c1Cl. The topological polar surface area (TPSA) is 38.3 Å². The van der Waals surface area contributed by atoms with E-state index in [1.54, 1.807) is 18.2 Å². The van der Waals surface area contributed by atoms with E-state index in [4.69, 9.17) is 27.9 Å². The van der Waals surface area contributed by atoms with Gasteiger partial charge in [0.15, 0.2) is 6.61 Å². The van der Waals surface area contributed by atoms with E-state index in [-0.39, 0.29) is 12.5 Å². The van der Waals surface area contributed by atoms with E-state index in [1.807, 2.05) is 32.9 Å². The van der Waals surface area contributed by atoms with Crippen LogP contribution in [0.3, 0.4) is 0 Å². The molecule has 0 radical (unpaired) electrons. The van der Waals surface area contributed by atoms with Crippen molar-refractivity contribution < 1.29 is 9.53 Å². The molecule has 1 amide bonds. The summed E-state index contributed by atoms with van der Waals surface area (Å²) in [6.07, 6.45) is 0. The van der Waals surface area contributed by atoms with Gasteiger partial charge in [-0.3, -0.25) is 4.79 Å². The normalized spacial score (nSPS) is 10.4. The summed E-state index contributed by atoms with van der Waals surface area (Å²) in [5, 5.41) is 4.12. The minimum Gasteiger partial charge on any atom is -0.484 e. The summed E-state index contributed by atoms with van der Waals surface area (Å²) in [4.78, 5) is 12.0. The Labute approximate surface area is 140 Å². The summed E-state index contributed by atoms with van der Waals surface area (Å²) in [5.74, 6) is 0.382. The van der Waals surface area contributed by atoms with Crippen LogP contribution in [0.4, 0.5) is 5.69 Å². The number of rotatable bonds is 4. The number of amides is 1. The number of benzene rings is 2. The second-order valence-corrected chi connectivity index (χ2v) is 5.91. The number of aryl methyl sites for hydroxylation is 2. The van der Waals surface area contributed by atoms with Crippen LogP contribution in [0.15, 0.2) is 30.3 Å². The Bertz CT molecular complexity index is 691. The van der Waals surface area contributed by atoms with Crippen molar-refractivity contribution >= 4 is 34.8 Å². The number of carbonyl (C=O) groups is 1. The summed E-state index contributed by atoms with van der Waals surface area (Å²) in [5.41, 5.74) is 3.35. The highest BCUT2D eigenvalue weighted by Gasteiger charge is 2.09. The van der Waals surface area contributed by atoms with Gasteiger partial charge < -0.3 is 10.1 Å². The average Bonchev–Trinajstić information content (AvgIpc) is 2.47. The van der Waals surface area contributed by atoms with Gasteiger partial charge in [0, 0.05) is 15.7 Å². The number of hydrogen-bond donors (Lipinski definition) is 1. The van der Waals surface area contributed by atoms with Crippen LogP contribution >= 0.6 is 23.2 Å². The summed E-state index contributed by atoms with van der Waals surface area (Å²) in [6.45, 7) is 5.58. The fourth-order valence-electron chi connectivity index (χ4n) is 2.07. The zero-order chi connectivity index (χ0) is 16.3. The summed E-state index contributed by atoms with van der Waals surface area (Å²) < 4.78 is 5.52. The van der Waals surface area contributed by atoms with Crippen LogP contribution in [0, 0.1) is 20.8 Å². The van der Waals surface area contributed by atoms with Crippen LogP contribution in [-0.2, 0) is 4.79 Å². The van der Waals surface area contributed by atoms with E-state index in [0.29, 0.717) is 21.5 Å². The Hall–Kier alpha value is -1.71. The van der Waals surface area contributed by atoms with Crippen LogP contribution in [0.1, 0.15) is 16.7 Å². The standard InChI is InChI=1S/C17H17Cl2NO2/c1-10-7-13(8-11(2)17(10)19)22-9-16(21)20-15-6-4-5-14(18)12(15)3/h4-8H,9H2,1-3H3,(H,20,21). The Morgan fingerprint density at radius 2 is 1.77 bits per heavy atom. The van der Waals surface area contributed by atoms with Crippen molar-refractivity contribution in [2.75, 3.05) is 11.9 Å². The van der Waals surface area contributed by atoms with Crippen molar-refractivity contribution in [1.82, 2.24) is 0 Å². The Morgan fingerprint density at radius 1 is 1.14 bits per heavy atom. The molecule has 0 aliphatic carbocycles. The van der Waals surface area contributed by atoms with Crippen LogP contribution in [0.2, 0.25) is 10.0 Å². The van der Waals surface area contributed by atoms with Crippen molar-refractivity contribution in [3.63, 3.8) is 0 Å². The summed E-state index contributed by atoms with van der Waals surface area (Å²) in [7, 11) is 0. The second-order valence-electron chi connectivity index (χ2n) is 5.12. The smallest absolute Gasteiger partial charge is 0.262 e. The van der Waals surface area contributed by atoms with E-state index < -0.39 is 0 Å². The molecule has 1 N–H and O–H groups in total. The molecule has 0 fully saturated rings. The highest BCUT2D eigenvalue weighted by atomic mass is 35.5. The lowest BCUT2D eigenvalue weighted by Gasteiger charge is -2.12. The molecule has 5 heteroatoms. The molecule has 0 heterocycles. The maximum absolute atomic E-state index is 12.0. The second kappa shape index (κ2) is 7.03. The van der Waals surface area contributed by atoms with E-state index >= 15 is 0 Å². The first-order valence-corrected chi connectivity index (χ1v) is 7.58. The highest BCUT2D eigenvalue weighted by Crippen LogP contribution is 2.26. The molecule has 3 nitrogen and oxygen atoms in total. The fraction of sp³-hybridized carbons (Fsp3) is 0.235. The molecule has 0 aliphatic rings. The van der Waals surface area contributed by atoms with Gasteiger partial charge in [-0.1, -0.05) is 29.3 Å². The molecular formula is C17H17Cl2NO2. The zero-order valence-corrected chi connectivity index (χ0v) is 14.2. The van der Waals surface area contributed by atoms with Crippen molar-refractivity contribution in [3.8, 4) is 5.75 Å². The predicted molar refractivity (Wildman–Crippen MR) is 91.2 cm³/mol. The molecule has 0 aliphatic heterocycles. The predicted octanol–water partition coefficient (Wildman–Crippen LogP) is 4.94. The molecule has 0 saturated heterocycles. The fourth-order valence-corrected chi connectivity index (χ4v) is 2.35. The lowest BCUT2D eigenvalue weighted by molar-refractivity contribution is -0.118. The highest BCUT2D eigenvalue weighted by molar-refractivity contribution is 6.32. The zero-order valence-electron chi connectivity index (χ0n) is 12.7. The van der Waals surface area contributed by atoms with Crippen molar-refractivity contribution in [2.24, 2.45) is 0 Å². The lowest BCUT2D eigenvalue weighted by atomic mass is 10.1. The largest absolute Gasteiger partial charge is 0.484 e. The quantitative estimate of drug-likeness (QED) is 0.858. The van der Waals surface area contributed by atoms with E-state index in [9.17, 15) is 4.79 Å². The molecule has 2 rings (SSSR count). The molecular weight excluding hydrogens is 321 g/mol. The van der Waals surface area contributed by atoms with Crippen LogP contribution in [-0.4, -0.2) is 12.5 Å². The molecule has 22 heavy (non-hydrogen) atoms. The molecule has 0 atom stereocenters. The maximum atomic E-state index is 12.0. The molecule has 116 valence electrons. The Balaban J connectivity index is 2.00. The van der Waals surface area contributed by atoms with Gasteiger partial charge in [-0.15, -0.1) is 0 Å². The van der Waals surface area contributed by atoms with Crippen LogP contribution in [0.5, 0.6) is 5.75 Å². The number of carbonyl (C=O) groups excluding carboxylic acids is 1. The average molecular weight is 338 g/mol. The first-order valence-electron chi connectivity index (χ1n) is 6.83. The van der Waals surface area contributed by atoms with Gasteiger partial charge in [0.2, 0.25) is 0 Å². The van der Waals surface area contributed by atoms with Gasteiger partial charge in [0.05, 0.1) is 0 Å². The van der Waals surface area contributed by atoms with Crippen molar-refractivity contribution in [3.05, 3.63) is 57.1 Å². The minimum atomic E-state index is -0.240. The first kappa shape index (κ1) is 16.7. The third kappa shape index (κ3) is 3.93. The van der Waals surface area contributed by atoms with E-state index in [2.05, 4.69) is 5.32 Å². The van der Waals surface area contributed by atoms with Gasteiger partial charge in [-0.2, -0.15) is 0 Å². The summed E-state index contributed by atoms with van der Waals surface area (Å²) in [6, 6.07) is 9.00. The minimum absolute atomic E-state index is 0.0769. The van der Waals surface area contributed by atoms with Gasteiger partial charge in [-0.05, 0) is 61.7 Å². The van der Waals surface area contributed by atoms with E-state index in [0.717, 1.165) is 16.7 Å². The molecule has 2 aromatic carbocycles. The van der Waals surface area contributed by atoms with E-state index in [1.165, 1.54) is 0 Å². The molecule has 2 aromatic rings. The van der Waals surface area contributed by atoms with Crippen molar-refractivity contribution in [2.45, 2.75) is 20.8 Å². The Morgan fingerprint density at radius 3 is 2.41 bits per heavy atom. The van der Waals surface area contributed by atoms with Crippen LogP contribution in [0.25, 0.3) is 0 Å². The molecule has 0 spiro atoms. The maximum Gasteiger partial charge on any atom is 0.262 e. The van der Waals surface area contributed by atoms with Gasteiger partial charge in [-0.25, -0.2) is 0 Å². The number of anilines is 1. The van der Waals surface area contributed by atoms with Gasteiger partial charge >= 0.3 is 0 Å². The van der Waals surface area contributed by atoms with Gasteiger partial charge in [0.1, 0.15) is 5.75 Å². The number of ether oxygens (including phenoxy) is 1. The lowest BCUT2D eigenvalue weighted by Crippen LogP contribution is -2.20. The Kier molecular flexibility index (Phi) is 5.33. The molecule has 0 bridgehead atoms. The summed E-state index contributed by atoms with van der Waals surface area (Å²) >= 11 is 12.1.